The second kappa shape index (κ2) is 6.58. The van der Waals surface area contributed by atoms with Crippen molar-refractivity contribution in [1.29, 1.82) is 0 Å². The number of halogens is 1. The molecule has 2 aromatic rings. The first-order valence-electron chi connectivity index (χ1n) is 6.89. The van der Waals surface area contributed by atoms with Gasteiger partial charge in [-0.2, -0.15) is 0 Å². The minimum atomic E-state index is -0.632. The van der Waals surface area contributed by atoms with Crippen molar-refractivity contribution >= 4 is 29.2 Å². The molecule has 2 N–H and O–H groups in total. The van der Waals surface area contributed by atoms with Gasteiger partial charge in [0.1, 0.15) is 13.2 Å². The number of nitrogens with one attached hydrogen (secondary N) is 2. The number of carbonyl (C=O) groups excluding carboxylic acids is 2. The Balaban J connectivity index is 1.64. The number of amides is 3. The van der Waals surface area contributed by atoms with E-state index in [4.69, 9.17) is 21.1 Å². The molecule has 2 aromatic carbocycles. The number of ether oxygens (including phenoxy) is 2. The smallest absolute Gasteiger partial charge is 0.326 e. The fourth-order valence-corrected chi connectivity index (χ4v) is 2.18. The van der Waals surface area contributed by atoms with Gasteiger partial charge in [0.25, 0.3) is 5.91 Å². The molecule has 7 heteroatoms. The zero-order valence-corrected chi connectivity index (χ0v) is 12.7. The van der Waals surface area contributed by atoms with E-state index in [-0.39, 0.29) is 0 Å². The quantitative estimate of drug-likeness (QED) is 0.886. The zero-order chi connectivity index (χ0) is 16.2. The van der Waals surface area contributed by atoms with E-state index in [9.17, 15) is 9.59 Å². The van der Waals surface area contributed by atoms with E-state index >= 15 is 0 Å². The van der Waals surface area contributed by atoms with Gasteiger partial charge in [-0.05, 0) is 42.5 Å². The maximum absolute atomic E-state index is 12.1. The van der Waals surface area contributed by atoms with Gasteiger partial charge in [0.05, 0.1) is 0 Å². The second-order valence-corrected chi connectivity index (χ2v) is 5.21. The third kappa shape index (κ3) is 3.73. The average Bonchev–Trinajstić information content (AvgIpc) is 2.56. The molecule has 6 nitrogen and oxygen atoms in total. The van der Waals surface area contributed by atoms with Crippen LogP contribution in [0.5, 0.6) is 11.5 Å². The summed E-state index contributed by atoms with van der Waals surface area (Å²) in [5.41, 5.74) is 0.836. The summed E-state index contributed by atoms with van der Waals surface area (Å²) in [7, 11) is 0. The van der Waals surface area contributed by atoms with Crippen LogP contribution in [-0.4, -0.2) is 25.2 Å². The van der Waals surface area contributed by atoms with E-state index in [0.717, 1.165) is 0 Å². The molecule has 0 saturated heterocycles. The number of benzene rings is 2. The Morgan fingerprint density at radius 2 is 1.65 bits per heavy atom. The zero-order valence-electron chi connectivity index (χ0n) is 12.0. The predicted octanol–water partition coefficient (Wildman–Crippen LogP) is 3.07. The number of hydrogen-bond acceptors (Lipinski definition) is 4. The summed E-state index contributed by atoms with van der Waals surface area (Å²) < 4.78 is 10.8. The molecule has 0 bridgehead atoms. The Hall–Kier alpha value is -2.73. The second-order valence-electron chi connectivity index (χ2n) is 4.77. The van der Waals surface area contributed by atoms with Crippen molar-refractivity contribution in [2.75, 3.05) is 18.5 Å². The molecule has 0 unspecified atom stereocenters. The molecule has 0 spiro atoms. The summed E-state index contributed by atoms with van der Waals surface area (Å²) in [6, 6.07) is 10.7. The number of hydrogen-bond donors (Lipinski definition) is 2. The van der Waals surface area contributed by atoms with Gasteiger partial charge in [0.15, 0.2) is 11.5 Å². The minimum absolute atomic E-state index is 0.306. The fourth-order valence-electron chi connectivity index (χ4n) is 2.06. The summed E-state index contributed by atoms with van der Waals surface area (Å²) in [4.78, 5) is 23.9. The topological polar surface area (TPSA) is 76.7 Å². The van der Waals surface area contributed by atoms with Crippen molar-refractivity contribution < 1.29 is 19.1 Å². The molecule has 0 atom stereocenters. The molecular weight excluding hydrogens is 320 g/mol. The first-order valence-corrected chi connectivity index (χ1v) is 7.27. The van der Waals surface area contributed by atoms with Gasteiger partial charge in [-0.15, -0.1) is 0 Å². The number of anilines is 1. The summed E-state index contributed by atoms with van der Waals surface area (Å²) in [6.45, 7) is 0.900. The Bertz CT molecular complexity index is 746. The van der Waals surface area contributed by atoms with Crippen molar-refractivity contribution in [3.63, 3.8) is 0 Å². The predicted molar refractivity (Wildman–Crippen MR) is 85.4 cm³/mol. The van der Waals surface area contributed by atoms with Crippen LogP contribution in [0.1, 0.15) is 10.4 Å². The molecule has 1 aliphatic rings. The van der Waals surface area contributed by atoms with E-state index in [1.807, 2.05) is 0 Å². The van der Waals surface area contributed by atoms with Gasteiger partial charge >= 0.3 is 6.03 Å². The molecule has 0 fully saturated rings. The summed E-state index contributed by atoms with van der Waals surface area (Å²) >= 11 is 5.77. The monoisotopic (exact) mass is 332 g/mol. The van der Waals surface area contributed by atoms with Gasteiger partial charge < -0.3 is 14.8 Å². The highest BCUT2D eigenvalue weighted by Crippen LogP contribution is 2.30. The molecule has 0 saturated carbocycles. The Labute approximate surface area is 137 Å². The molecular formula is C16H13ClN2O4. The Kier molecular flexibility index (Phi) is 4.34. The molecule has 0 radical (unpaired) electrons. The maximum atomic E-state index is 12.1. The third-order valence-corrected chi connectivity index (χ3v) is 3.39. The van der Waals surface area contributed by atoms with Crippen LogP contribution in [0.3, 0.4) is 0 Å². The van der Waals surface area contributed by atoms with Crippen LogP contribution in [0.15, 0.2) is 42.5 Å². The summed E-state index contributed by atoms with van der Waals surface area (Å²) in [6.07, 6.45) is 0. The molecule has 0 aromatic heterocycles. The van der Waals surface area contributed by atoms with Gasteiger partial charge in [0.2, 0.25) is 0 Å². The van der Waals surface area contributed by atoms with Crippen LogP contribution < -0.4 is 20.1 Å². The van der Waals surface area contributed by atoms with Crippen molar-refractivity contribution in [3.8, 4) is 11.5 Å². The van der Waals surface area contributed by atoms with Crippen LogP contribution >= 0.6 is 11.6 Å². The molecule has 1 heterocycles. The SMILES string of the molecule is O=C(NC(=O)c1ccc2c(c1)OCCO2)Nc1ccc(Cl)cc1. The Morgan fingerprint density at radius 3 is 2.39 bits per heavy atom. The molecule has 3 rings (SSSR count). The lowest BCUT2D eigenvalue weighted by atomic mass is 10.2. The van der Waals surface area contributed by atoms with Crippen molar-refractivity contribution in [2.45, 2.75) is 0 Å². The van der Waals surface area contributed by atoms with Crippen molar-refractivity contribution in [1.82, 2.24) is 5.32 Å². The first kappa shape index (κ1) is 15.2. The number of carbonyl (C=O) groups is 2. The summed E-state index contributed by atoms with van der Waals surface area (Å²) in [5.74, 6) is 0.536. The van der Waals surface area contributed by atoms with E-state index in [2.05, 4.69) is 10.6 Å². The Morgan fingerprint density at radius 1 is 0.957 bits per heavy atom. The molecule has 0 aliphatic carbocycles. The molecule has 3 amide bonds. The van der Waals surface area contributed by atoms with Crippen LogP contribution in [0, 0.1) is 0 Å². The highest BCUT2D eigenvalue weighted by atomic mass is 35.5. The summed E-state index contributed by atoms with van der Waals surface area (Å²) in [5, 5.41) is 5.35. The van der Waals surface area contributed by atoms with Crippen molar-refractivity contribution in [2.24, 2.45) is 0 Å². The van der Waals surface area contributed by atoms with Gasteiger partial charge in [-0.25, -0.2) is 4.79 Å². The van der Waals surface area contributed by atoms with E-state index < -0.39 is 11.9 Å². The molecule has 118 valence electrons. The van der Waals surface area contributed by atoms with E-state index in [0.29, 0.717) is 41.0 Å². The standard InChI is InChI=1S/C16H13ClN2O4/c17-11-2-4-12(5-3-11)18-16(21)19-15(20)10-1-6-13-14(9-10)23-8-7-22-13/h1-6,9H,7-8H2,(H2,18,19,20,21). The highest BCUT2D eigenvalue weighted by molar-refractivity contribution is 6.30. The largest absolute Gasteiger partial charge is 0.486 e. The number of imide groups is 1. The van der Waals surface area contributed by atoms with E-state index in [1.54, 1.807) is 42.5 Å². The van der Waals surface area contributed by atoms with Crippen LogP contribution in [-0.2, 0) is 0 Å². The van der Waals surface area contributed by atoms with E-state index in [1.165, 1.54) is 0 Å². The van der Waals surface area contributed by atoms with Gasteiger partial charge in [-0.1, -0.05) is 11.6 Å². The van der Waals surface area contributed by atoms with Gasteiger partial charge in [-0.3, -0.25) is 10.1 Å². The minimum Gasteiger partial charge on any atom is -0.486 e. The average molecular weight is 333 g/mol. The molecule has 23 heavy (non-hydrogen) atoms. The fraction of sp³-hybridized carbons (Fsp3) is 0.125. The lowest BCUT2D eigenvalue weighted by Gasteiger charge is -2.18. The highest BCUT2D eigenvalue weighted by Gasteiger charge is 2.16. The number of urea groups is 1. The lowest BCUT2D eigenvalue weighted by Crippen LogP contribution is -2.34. The normalized spacial score (nSPS) is 12.4. The number of fused-ring (bicyclic) bond motifs is 1. The van der Waals surface area contributed by atoms with Crippen LogP contribution in [0.2, 0.25) is 5.02 Å². The number of rotatable bonds is 2. The lowest BCUT2D eigenvalue weighted by molar-refractivity contribution is 0.0966. The molecule has 1 aliphatic heterocycles. The van der Waals surface area contributed by atoms with Crippen LogP contribution in [0.25, 0.3) is 0 Å². The van der Waals surface area contributed by atoms with Gasteiger partial charge in [0, 0.05) is 16.3 Å². The maximum Gasteiger partial charge on any atom is 0.326 e. The third-order valence-electron chi connectivity index (χ3n) is 3.13. The van der Waals surface area contributed by atoms with Crippen LogP contribution in [0.4, 0.5) is 10.5 Å². The van der Waals surface area contributed by atoms with Crippen molar-refractivity contribution in [3.05, 3.63) is 53.1 Å². The first-order chi connectivity index (χ1) is 11.1.